The van der Waals surface area contributed by atoms with Gasteiger partial charge in [0.15, 0.2) is 11.5 Å². The number of anilines is 2. The molecule has 2 aromatic rings. The van der Waals surface area contributed by atoms with E-state index in [1.54, 1.807) is 12.1 Å². The fourth-order valence-corrected chi connectivity index (χ4v) is 3.77. The van der Waals surface area contributed by atoms with Crippen LogP contribution in [0.25, 0.3) is 0 Å². The van der Waals surface area contributed by atoms with Gasteiger partial charge in [-0.3, -0.25) is 10.1 Å². The second-order valence-corrected chi connectivity index (χ2v) is 7.38. The van der Waals surface area contributed by atoms with Crippen LogP contribution in [0.4, 0.5) is 10.3 Å². The Bertz CT molecular complexity index is 777. The predicted octanol–water partition coefficient (Wildman–Crippen LogP) is 3.05. The summed E-state index contributed by atoms with van der Waals surface area (Å²) in [7, 11) is 4.54. The summed E-state index contributed by atoms with van der Waals surface area (Å²) < 4.78 is 15.9. The van der Waals surface area contributed by atoms with E-state index in [1.807, 2.05) is 0 Å². The van der Waals surface area contributed by atoms with Crippen LogP contribution in [0.2, 0.25) is 0 Å². The van der Waals surface area contributed by atoms with Crippen LogP contribution in [0.3, 0.4) is 0 Å². The first kappa shape index (κ1) is 19.2. The molecular formula is C18H24N4O4S. The van der Waals surface area contributed by atoms with E-state index in [1.165, 1.54) is 32.7 Å². The summed E-state index contributed by atoms with van der Waals surface area (Å²) in [6.45, 7) is 4.20. The Morgan fingerprint density at radius 1 is 1.11 bits per heavy atom. The number of methoxy groups -OCH3 is 3. The molecule has 1 aliphatic heterocycles. The van der Waals surface area contributed by atoms with Gasteiger partial charge in [-0.25, -0.2) is 0 Å². The summed E-state index contributed by atoms with van der Waals surface area (Å²) in [6.07, 6.45) is 2.29. The van der Waals surface area contributed by atoms with E-state index in [4.69, 9.17) is 14.2 Å². The molecule has 0 aliphatic carbocycles. The highest BCUT2D eigenvalue weighted by Gasteiger charge is 2.21. The van der Waals surface area contributed by atoms with Crippen LogP contribution in [-0.4, -0.2) is 50.5 Å². The van der Waals surface area contributed by atoms with Gasteiger partial charge in [0.2, 0.25) is 16.0 Å². The van der Waals surface area contributed by atoms with Crippen molar-refractivity contribution in [2.24, 2.45) is 5.92 Å². The maximum atomic E-state index is 12.6. The molecule has 27 heavy (non-hydrogen) atoms. The highest BCUT2D eigenvalue weighted by atomic mass is 32.1. The fourth-order valence-electron chi connectivity index (χ4n) is 2.98. The Morgan fingerprint density at radius 3 is 2.30 bits per heavy atom. The SMILES string of the molecule is COc1cc(C(=O)Nc2nnc(N3CCC(C)CC3)s2)cc(OC)c1OC. The van der Waals surface area contributed by atoms with Gasteiger partial charge in [-0.05, 0) is 30.9 Å². The Hall–Kier alpha value is -2.55. The van der Waals surface area contributed by atoms with Crippen LogP contribution in [0, 0.1) is 5.92 Å². The summed E-state index contributed by atoms with van der Waals surface area (Å²) in [5.41, 5.74) is 0.382. The average molecular weight is 392 g/mol. The topological polar surface area (TPSA) is 85.8 Å². The van der Waals surface area contributed by atoms with E-state index in [0.29, 0.717) is 27.9 Å². The minimum Gasteiger partial charge on any atom is -0.493 e. The van der Waals surface area contributed by atoms with Crippen molar-refractivity contribution < 1.29 is 19.0 Å². The normalized spacial score (nSPS) is 14.7. The number of rotatable bonds is 6. The van der Waals surface area contributed by atoms with Crippen molar-refractivity contribution in [1.82, 2.24) is 10.2 Å². The fraction of sp³-hybridized carbons (Fsp3) is 0.500. The lowest BCUT2D eigenvalue weighted by atomic mass is 10.00. The van der Waals surface area contributed by atoms with Gasteiger partial charge in [-0.15, -0.1) is 10.2 Å². The molecule has 0 atom stereocenters. The summed E-state index contributed by atoms with van der Waals surface area (Å²) in [5.74, 6) is 1.71. The Labute approximate surface area is 162 Å². The van der Waals surface area contributed by atoms with Gasteiger partial charge in [0.25, 0.3) is 5.91 Å². The standard InChI is InChI=1S/C18H24N4O4S/c1-11-5-7-22(8-6-11)18-21-20-17(27-18)19-16(23)12-9-13(24-2)15(26-4)14(10-12)25-3/h9-11H,5-8H2,1-4H3,(H,19,20,23). The number of piperidine rings is 1. The third-order valence-corrected chi connectivity index (χ3v) is 5.52. The largest absolute Gasteiger partial charge is 0.493 e. The number of hydrogen-bond acceptors (Lipinski definition) is 8. The van der Waals surface area contributed by atoms with Crippen LogP contribution in [-0.2, 0) is 0 Å². The van der Waals surface area contributed by atoms with Gasteiger partial charge in [0, 0.05) is 18.7 Å². The van der Waals surface area contributed by atoms with E-state index < -0.39 is 0 Å². The molecule has 2 heterocycles. The number of benzene rings is 1. The molecule has 0 bridgehead atoms. The molecule has 9 heteroatoms. The van der Waals surface area contributed by atoms with Crippen LogP contribution in [0.5, 0.6) is 17.2 Å². The molecule has 1 saturated heterocycles. The number of amides is 1. The lowest BCUT2D eigenvalue weighted by Crippen LogP contribution is -2.32. The van der Waals surface area contributed by atoms with E-state index in [0.717, 1.165) is 37.0 Å². The maximum Gasteiger partial charge on any atom is 0.257 e. The van der Waals surface area contributed by atoms with Crippen molar-refractivity contribution >= 4 is 27.5 Å². The van der Waals surface area contributed by atoms with Crippen molar-refractivity contribution in [2.75, 3.05) is 44.6 Å². The summed E-state index contributed by atoms with van der Waals surface area (Å²) >= 11 is 1.38. The number of nitrogens with zero attached hydrogens (tertiary/aromatic N) is 3. The van der Waals surface area contributed by atoms with Crippen molar-refractivity contribution in [1.29, 1.82) is 0 Å². The number of nitrogens with one attached hydrogen (secondary N) is 1. The van der Waals surface area contributed by atoms with Crippen molar-refractivity contribution in [3.63, 3.8) is 0 Å². The van der Waals surface area contributed by atoms with Crippen LogP contribution in [0.1, 0.15) is 30.1 Å². The van der Waals surface area contributed by atoms with Crippen LogP contribution < -0.4 is 24.4 Å². The Kier molecular flexibility index (Phi) is 6.00. The molecule has 0 radical (unpaired) electrons. The Morgan fingerprint density at radius 2 is 1.74 bits per heavy atom. The average Bonchev–Trinajstić information content (AvgIpc) is 3.15. The second kappa shape index (κ2) is 8.43. The highest BCUT2D eigenvalue weighted by Crippen LogP contribution is 2.38. The molecule has 0 saturated carbocycles. The molecule has 0 unspecified atom stereocenters. The summed E-state index contributed by atoms with van der Waals surface area (Å²) in [4.78, 5) is 14.9. The number of carbonyl (C=O) groups is 1. The van der Waals surface area contributed by atoms with Crippen molar-refractivity contribution in [3.05, 3.63) is 17.7 Å². The van der Waals surface area contributed by atoms with Crippen molar-refractivity contribution in [2.45, 2.75) is 19.8 Å². The van der Waals surface area contributed by atoms with Gasteiger partial charge in [0.05, 0.1) is 21.3 Å². The second-order valence-electron chi connectivity index (χ2n) is 6.43. The minimum absolute atomic E-state index is 0.316. The number of carbonyl (C=O) groups excluding carboxylic acids is 1. The van der Waals surface area contributed by atoms with Crippen LogP contribution in [0.15, 0.2) is 12.1 Å². The first-order valence-corrected chi connectivity index (χ1v) is 9.57. The molecule has 1 aromatic carbocycles. The summed E-state index contributed by atoms with van der Waals surface area (Å²) in [6, 6.07) is 3.20. The zero-order chi connectivity index (χ0) is 19.4. The molecule has 1 amide bonds. The summed E-state index contributed by atoms with van der Waals surface area (Å²) in [5, 5.41) is 12.4. The zero-order valence-electron chi connectivity index (χ0n) is 15.9. The van der Waals surface area contributed by atoms with Gasteiger partial charge in [-0.2, -0.15) is 0 Å². The molecule has 1 fully saturated rings. The lowest BCUT2D eigenvalue weighted by Gasteiger charge is -2.29. The molecule has 1 N–H and O–H groups in total. The zero-order valence-corrected chi connectivity index (χ0v) is 16.8. The monoisotopic (exact) mass is 392 g/mol. The predicted molar refractivity (Wildman–Crippen MR) is 105 cm³/mol. The number of aromatic nitrogens is 2. The van der Waals surface area contributed by atoms with Crippen molar-refractivity contribution in [3.8, 4) is 17.2 Å². The smallest absolute Gasteiger partial charge is 0.257 e. The first-order chi connectivity index (χ1) is 13.0. The van der Waals surface area contributed by atoms with Crippen LogP contribution >= 0.6 is 11.3 Å². The van der Waals surface area contributed by atoms with Gasteiger partial charge in [-0.1, -0.05) is 18.3 Å². The van der Waals surface area contributed by atoms with E-state index in [2.05, 4.69) is 27.3 Å². The van der Waals surface area contributed by atoms with E-state index in [-0.39, 0.29) is 5.91 Å². The number of ether oxygens (including phenoxy) is 3. The van der Waals surface area contributed by atoms with Gasteiger partial charge < -0.3 is 19.1 Å². The molecule has 1 aliphatic rings. The number of hydrogen-bond donors (Lipinski definition) is 1. The van der Waals surface area contributed by atoms with E-state index >= 15 is 0 Å². The first-order valence-electron chi connectivity index (χ1n) is 8.75. The minimum atomic E-state index is -0.316. The highest BCUT2D eigenvalue weighted by molar-refractivity contribution is 7.19. The maximum absolute atomic E-state index is 12.6. The molecular weight excluding hydrogens is 368 g/mol. The molecule has 0 spiro atoms. The van der Waals surface area contributed by atoms with E-state index in [9.17, 15) is 4.79 Å². The third kappa shape index (κ3) is 4.24. The van der Waals surface area contributed by atoms with Gasteiger partial charge >= 0.3 is 0 Å². The third-order valence-electron chi connectivity index (χ3n) is 4.62. The lowest BCUT2D eigenvalue weighted by molar-refractivity contribution is 0.102. The molecule has 3 rings (SSSR count). The molecule has 146 valence electrons. The quantitative estimate of drug-likeness (QED) is 0.808. The molecule has 1 aromatic heterocycles. The van der Waals surface area contributed by atoms with Gasteiger partial charge in [0.1, 0.15) is 0 Å². The molecule has 8 nitrogen and oxygen atoms in total. The Balaban J connectivity index is 1.74.